The second kappa shape index (κ2) is 5.81. The normalized spacial score (nSPS) is 40.3. The third-order valence-electron chi connectivity index (χ3n) is 5.86. The van der Waals surface area contributed by atoms with Crippen molar-refractivity contribution < 1.29 is 29.3 Å². The summed E-state index contributed by atoms with van der Waals surface area (Å²) < 4.78 is 11.1. The van der Waals surface area contributed by atoms with Crippen molar-refractivity contribution in [2.45, 2.75) is 58.0 Å². The zero-order valence-corrected chi connectivity index (χ0v) is 14.7. The van der Waals surface area contributed by atoms with Gasteiger partial charge in [0.1, 0.15) is 12.2 Å². The van der Waals surface area contributed by atoms with Gasteiger partial charge in [0.2, 0.25) is 0 Å². The fourth-order valence-corrected chi connectivity index (χ4v) is 4.39. The van der Waals surface area contributed by atoms with Crippen LogP contribution < -0.4 is 0 Å². The summed E-state index contributed by atoms with van der Waals surface area (Å²) >= 11 is 0. The van der Waals surface area contributed by atoms with Gasteiger partial charge in [0.15, 0.2) is 0 Å². The minimum Gasteiger partial charge on any atom is -0.458 e. The summed E-state index contributed by atoms with van der Waals surface area (Å²) in [6.45, 7) is 12.6. The summed E-state index contributed by atoms with van der Waals surface area (Å²) in [6, 6.07) is 0. The average molecular weight is 348 g/mol. The Hall–Kier alpha value is -1.92. The van der Waals surface area contributed by atoms with Gasteiger partial charge in [-0.25, -0.2) is 9.59 Å². The fraction of sp³-hybridized carbons (Fsp3) is 0.579. The van der Waals surface area contributed by atoms with Crippen molar-refractivity contribution in [3.8, 4) is 0 Å². The molecule has 2 N–H and O–H groups in total. The predicted octanol–water partition coefficient (Wildman–Crippen LogP) is 1.42. The first-order chi connectivity index (χ1) is 11.6. The van der Waals surface area contributed by atoms with E-state index in [-0.39, 0.29) is 17.6 Å². The Morgan fingerprint density at radius 1 is 1.40 bits per heavy atom. The van der Waals surface area contributed by atoms with Crippen molar-refractivity contribution >= 4 is 11.9 Å². The van der Waals surface area contributed by atoms with Crippen LogP contribution in [0.25, 0.3) is 0 Å². The number of ether oxygens (including phenoxy) is 2. The van der Waals surface area contributed by atoms with Crippen molar-refractivity contribution in [3.05, 3.63) is 35.5 Å². The standard InChI is InChI=1S/C19H24O6/c1-8(2)17(22)24-12-7-19(5)13(21)6-11(20)9(3)15(19)16-14(12)10(4)18(23)25-16/h11-14,16,20-21H,1,4,6-7H2,2-3,5H3/t11-,12+,13-,14-,16+,19+/m1/s1. The highest BCUT2D eigenvalue weighted by Crippen LogP contribution is 2.56. The Morgan fingerprint density at radius 2 is 2.04 bits per heavy atom. The van der Waals surface area contributed by atoms with E-state index in [1.54, 1.807) is 13.8 Å². The number of fused-ring (bicyclic) bond motifs is 3. The molecule has 0 aromatic carbocycles. The molecule has 1 heterocycles. The smallest absolute Gasteiger partial charge is 0.334 e. The minimum atomic E-state index is -0.833. The molecule has 0 unspecified atom stereocenters. The highest BCUT2D eigenvalue weighted by atomic mass is 16.6. The molecule has 2 aliphatic carbocycles. The number of hydrogen-bond donors (Lipinski definition) is 2. The van der Waals surface area contributed by atoms with Crippen molar-refractivity contribution in [1.82, 2.24) is 0 Å². The lowest BCUT2D eigenvalue weighted by molar-refractivity contribution is -0.156. The molecule has 6 atom stereocenters. The molecule has 136 valence electrons. The van der Waals surface area contributed by atoms with Crippen LogP contribution in [0.15, 0.2) is 35.5 Å². The molecule has 2 fully saturated rings. The van der Waals surface area contributed by atoms with E-state index in [9.17, 15) is 19.8 Å². The van der Waals surface area contributed by atoms with Crippen LogP contribution in [0, 0.1) is 11.3 Å². The monoisotopic (exact) mass is 348 g/mol. The highest BCUT2D eigenvalue weighted by molar-refractivity contribution is 5.92. The molecule has 1 saturated carbocycles. The first-order valence-electron chi connectivity index (χ1n) is 8.41. The lowest BCUT2D eigenvalue weighted by Gasteiger charge is -2.51. The maximum Gasteiger partial charge on any atom is 0.334 e. The topological polar surface area (TPSA) is 93.1 Å². The quantitative estimate of drug-likeness (QED) is 0.445. The molecule has 0 amide bonds. The number of carbonyl (C=O) groups excluding carboxylic acids is 2. The van der Waals surface area contributed by atoms with Crippen LogP contribution >= 0.6 is 0 Å². The van der Waals surface area contributed by atoms with Gasteiger partial charge in [-0.15, -0.1) is 0 Å². The molecule has 0 radical (unpaired) electrons. The van der Waals surface area contributed by atoms with Crippen LogP contribution in [0.4, 0.5) is 0 Å². The van der Waals surface area contributed by atoms with Crippen LogP contribution in [-0.4, -0.2) is 46.6 Å². The molecule has 25 heavy (non-hydrogen) atoms. The summed E-state index contributed by atoms with van der Waals surface area (Å²) in [5, 5.41) is 20.9. The Labute approximate surface area is 146 Å². The summed E-state index contributed by atoms with van der Waals surface area (Å²) in [7, 11) is 0. The summed E-state index contributed by atoms with van der Waals surface area (Å²) in [5.41, 5.74) is 1.18. The second-order valence-corrected chi connectivity index (χ2v) is 7.59. The van der Waals surface area contributed by atoms with Gasteiger partial charge in [0, 0.05) is 23.0 Å². The second-order valence-electron chi connectivity index (χ2n) is 7.59. The van der Waals surface area contributed by atoms with Crippen molar-refractivity contribution in [3.63, 3.8) is 0 Å². The van der Waals surface area contributed by atoms with Crippen LogP contribution in [0.2, 0.25) is 0 Å². The lowest BCUT2D eigenvalue weighted by atomic mass is 9.57. The van der Waals surface area contributed by atoms with Gasteiger partial charge in [-0.2, -0.15) is 0 Å². The summed E-state index contributed by atoms with van der Waals surface area (Å²) in [6.07, 6.45) is -2.45. The molecule has 0 bridgehead atoms. The van der Waals surface area contributed by atoms with Crippen LogP contribution in [0.3, 0.4) is 0 Å². The molecule has 1 saturated heterocycles. The number of esters is 2. The summed E-state index contributed by atoms with van der Waals surface area (Å²) in [5.74, 6) is -1.61. The van der Waals surface area contributed by atoms with Crippen molar-refractivity contribution in [2.24, 2.45) is 11.3 Å². The van der Waals surface area contributed by atoms with Crippen LogP contribution in [0.5, 0.6) is 0 Å². The molecule has 0 spiro atoms. The highest BCUT2D eigenvalue weighted by Gasteiger charge is 2.60. The molecule has 6 heteroatoms. The molecule has 3 aliphatic rings. The fourth-order valence-electron chi connectivity index (χ4n) is 4.39. The Bertz CT molecular complexity index is 705. The van der Waals surface area contributed by atoms with Gasteiger partial charge in [0.05, 0.1) is 18.1 Å². The average Bonchev–Trinajstić information content (AvgIpc) is 2.80. The largest absolute Gasteiger partial charge is 0.458 e. The zero-order valence-electron chi connectivity index (χ0n) is 14.7. The third kappa shape index (κ3) is 2.55. The number of carbonyl (C=O) groups is 2. The van der Waals surface area contributed by atoms with E-state index < -0.39 is 47.7 Å². The first-order valence-corrected chi connectivity index (χ1v) is 8.41. The molecule has 6 nitrogen and oxygen atoms in total. The number of rotatable bonds is 2. The van der Waals surface area contributed by atoms with Crippen LogP contribution in [0.1, 0.15) is 33.6 Å². The van der Waals surface area contributed by atoms with E-state index in [1.165, 1.54) is 0 Å². The van der Waals surface area contributed by atoms with E-state index >= 15 is 0 Å². The number of aliphatic hydroxyl groups is 2. The van der Waals surface area contributed by atoms with E-state index in [2.05, 4.69) is 13.2 Å². The minimum absolute atomic E-state index is 0.194. The zero-order chi connectivity index (χ0) is 18.7. The van der Waals surface area contributed by atoms with E-state index in [0.717, 1.165) is 5.57 Å². The van der Waals surface area contributed by atoms with Gasteiger partial charge in [0.25, 0.3) is 0 Å². The molecular formula is C19H24O6. The van der Waals surface area contributed by atoms with Gasteiger partial charge in [-0.05, 0) is 31.4 Å². The van der Waals surface area contributed by atoms with Gasteiger partial charge in [-0.3, -0.25) is 0 Å². The van der Waals surface area contributed by atoms with Crippen molar-refractivity contribution in [1.29, 1.82) is 0 Å². The Kier molecular flexibility index (Phi) is 4.16. The number of hydrogen-bond acceptors (Lipinski definition) is 6. The number of aliphatic hydroxyl groups excluding tert-OH is 2. The maximum absolute atomic E-state index is 12.1. The predicted molar refractivity (Wildman–Crippen MR) is 89.3 cm³/mol. The van der Waals surface area contributed by atoms with Gasteiger partial charge in [-0.1, -0.05) is 20.1 Å². The Morgan fingerprint density at radius 3 is 2.64 bits per heavy atom. The molecule has 3 rings (SSSR count). The maximum atomic E-state index is 12.1. The lowest BCUT2D eigenvalue weighted by Crippen LogP contribution is -2.55. The Balaban J connectivity index is 2.09. The molecular weight excluding hydrogens is 324 g/mol. The molecule has 0 aromatic heterocycles. The van der Waals surface area contributed by atoms with Gasteiger partial charge < -0.3 is 19.7 Å². The van der Waals surface area contributed by atoms with E-state index in [0.29, 0.717) is 12.0 Å². The summed E-state index contributed by atoms with van der Waals surface area (Å²) in [4.78, 5) is 24.2. The van der Waals surface area contributed by atoms with E-state index in [4.69, 9.17) is 9.47 Å². The van der Waals surface area contributed by atoms with Gasteiger partial charge >= 0.3 is 11.9 Å². The SMILES string of the molecule is C=C(C)C(=O)O[C@H]1C[C@]2(C)C(=C(C)[C@H](O)C[C@H]2O)[C@H]2OC(=O)C(=C)[C@H]12. The molecule has 0 aromatic rings. The third-order valence-corrected chi connectivity index (χ3v) is 5.86. The molecule has 1 aliphatic heterocycles. The van der Waals surface area contributed by atoms with Crippen LogP contribution in [-0.2, 0) is 19.1 Å². The first kappa shape index (κ1) is 17.9. The van der Waals surface area contributed by atoms with E-state index in [1.807, 2.05) is 6.92 Å². The van der Waals surface area contributed by atoms with Crippen molar-refractivity contribution in [2.75, 3.05) is 0 Å².